The molecule has 0 aromatic heterocycles. The Labute approximate surface area is 135 Å². The number of amides is 1. The van der Waals surface area contributed by atoms with Crippen LogP contribution >= 0.6 is 24.2 Å². The fourth-order valence-electron chi connectivity index (χ4n) is 2.61. The Morgan fingerprint density at radius 1 is 1.30 bits per heavy atom. The van der Waals surface area contributed by atoms with Crippen molar-refractivity contribution in [1.29, 1.82) is 0 Å². The summed E-state index contributed by atoms with van der Waals surface area (Å²) in [7, 11) is 0. The lowest BCUT2D eigenvalue weighted by molar-refractivity contribution is -0.132. The van der Waals surface area contributed by atoms with Gasteiger partial charge in [0.2, 0.25) is 5.91 Å². The van der Waals surface area contributed by atoms with Crippen molar-refractivity contribution in [2.75, 3.05) is 31.9 Å². The molecule has 0 bridgehead atoms. The van der Waals surface area contributed by atoms with Crippen molar-refractivity contribution in [3.63, 3.8) is 0 Å². The van der Waals surface area contributed by atoms with Crippen LogP contribution in [0.5, 0.6) is 0 Å². The van der Waals surface area contributed by atoms with E-state index in [1.54, 1.807) is 11.8 Å². The van der Waals surface area contributed by atoms with Crippen molar-refractivity contribution in [2.45, 2.75) is 45.8 Å². The third-order valence-electron chi connectivity index (χ3n) is 3.80. The molecule has 120 valence electrons. The van der Waals surface area contributed by atoms with Crippen LogP contribution in [0.1, 0.15) is 40.5 Å². The first kappa shape index (κ1) is 20.1. The van der Waals surface area contributed by atoms with E-state index in [1.807, 2.05) is 0 Å². The zero-order valence-corrected chi connectivity index (χ0v) is 15.0. The van der Waals surface area contributed by atoms with Crippen LogP contribution in [-0.4, -0.2) is 48.0 Å². The molecule has 1 fully saturated rings. The number of thioether (sulfide) groups is 1. The Kier molecular flexibility index (Phi) is 10.8. The summed E-state index contributed by atoms with van der Waals surface area (Å²) in [4.78, 5) is 14.6. The minimum absolute atomic E-state index is 0. The van der Waals surface area contributed by atoms with Crippen LogP contribution in [0.3, 0.4) is 0 Å². The first-order valence-corrected chi connectivity index (χ1v) is 8.76. The number of halogens is 1. The molecule has 1 aliphatic rings. The number of nitrogens with one attached hydrogen (secondary N) is 1. The van der Waals surface area contributed by atoms with Crippen molar-refractivity contribution in [1.82, 2.24) is 10.2 Å². The molecule has 0 radical (unpaired) electrons. The standard InChI is InChI=1S/C15H30N2OS.ClH/c1-5-16-11-13-7-9-17(10-8-13)15(18)14(12(3)4)19-6-2;/h12-14,16H,5-11H2,1-4H3;1H. The maximum absolute atomic E-state index is 12.5. The predicted octanol–water partition coefficient (Wildman–Crippen LogP) is 3.03. The molecule has 1 amide bonds. The minimum Gasteiger partial charge on any atom is -0.342 e. The molecule has 1 N–H and O–H groups in total. The van der Waals surface area contributed by atoms with Crippen LogP contribution in [0.4, 0.5) is 0 Å². The van der Waals surface area contributed by atoms with Gasteiger partial charge in [-0.3, -0.25) is 4.79 Å². The molecule has 0 spiro atoms. The second-order valence-corrected chi connectivity index (χ2v) is 7.11. The molecule has 1 atom stereocenters. The van der Waals surface area contributed by atoms with Crippen LogP contribution in [0, 0.1) is 11.8 Å². The first-order chi connectivity index (χ1) is 9.10. The Bertz CT molecular complexity index is 269. The normalized spacial score (nSPS) is 17.9. The topological polar surface area (TPSA) is 32.3 Å². The molecule has 1 aliphatic heterocycles. The SMILES string of the molecule is CCNCC1CCN(C(=O)C(SCC)C(C)C)CC1.Cl. The number of nitrogens with zero attached hydrogens (tertiary/aromatic N) is 1. The highest BCUT2D eigenvalue weighted by atomic mass is 35.5. The summed E-state index contributed by atoms with van der Waals surface area (Å²) in [5, 5.41) is 3.56. The summed E-state index contributed by atoms with van der Waals surface area (Å²) in [6.07, 6.45) is 2.31. The molecule has 0 aromatic rings. The van der Waals surface area contributed by atoms with Crippen LogP contribution in [0.25, 0.3) is 0 Å². The maximum Gasteiger partial charge on any atom is 0.235 e. The van der Waals surface area contributed by atoms with Gasteiger partial charge in [-0.25, -0.2) is 0 Å². The van der Waals surface area contributed by atoms with Gasteiger partial charge in [0.1, 0.15) is 0 Å². The molecular formula is C15H31ClN2OS. The van der Waals surface area contributed by atoms with Gasteiger partial charge in [-0.05, 0) is 43.5 Å². The van der Waals surface area contributed by atoms with Crippen LogP contribution < -0.4 is 5.32 Å². The van der Waals surface area contributed by atoms with Crippen LogP contribution in [0.2, 0.25) is 0 Å². The molecule has 1 saturated heterocycles. The van der Waals surface area contributed by atoms with Gasteiger partial charge in [0.15, 0.2) is 0 Å². The molecule has 1 unspecified atom stereocenters. The first-order valence-electron chi connectivity index (χ1n) is 7.71. The number of hydrogen-bond acceptors (Lipinski definition) is 3. The quantitative estimate of drug-likeness (QED) is 0.782. The number of carbonyl (C=O) groups excluding carboxylic acids is 1. The zero-order valence-electron chi connectivity index (χ0n) is 13.4. The Hall–Kier alpha value is 0.0700. The van der Waals surface area contributed by atoms with Crippen molar-refractivity contribution < 1.29 is 4.79 Å². The summed E-state index contributed by atoms with van der Waals surface area (Å²) in [6, 6.07) is 0. The summed E-state index contributed by atoms with van der Waals surface area (Å²) >= 11 is 1.80. The minimum atomic E-state index is 0. The monoisotopic (exact) mass is 322 g/mol. The van der Waals surface area contributed by atoms with E-state index < -0.39 is 0 Å². The summed E-state index contributed by atoms with van der Waals surface area (Å²) in [5.74, 6) is 2.56. The average Bonchev–Trinajstić information content (AvgIpc) is 2.42. The van der Waals surface area contributed by atoms with E-state index in [0.717, 1.165) is 50.7 Å². The number of carbonyl (C=O) groups is 1. The lowest BCUT2D eigenvalue weighted by Crippen LogP contribution is -2.45. The van der Waals surface area contributed by atoms with Gasteiger partial charge in [-0.2, -0.15) is 0 Å². The van der Waals surface area contributed by atoms with Gasteiger partial charge < -0.3 is 10.2 Å². The van der Waals surface area contributed by atoms with E-state index in [9.17, 15) is 4.79 Å². The van der Waals surface area contributed by atoms with E-state index in [2.05, 4.69) is 37.9 Å². The molecule has 3 nitrogen and oxygen atoms in total. The fourth-order valence-corrected chi connectivity index (χ4v) is 3.65. The lowest BCUT2D eigenvalue weighted by atomic mass is 9.96. The maximum atomic E-state index is 12.5. The van der Waals surface area contributed by atoms with Crippen molar-refractivity contribution in [3.8, 4) is 0 Å². The second-order valence-electron chi connectivity index (χ2n) is 5.70. The van der Waals surface area contributed by atoms with Gasteiger partial charge in [0, 0.05) is 13.1 Å². The lowest BCUT2D eigenvalue weighted by Gasteiger charge is -2.35. The molecule has 5 heteroatoms. The third kappa shape index (κ3) is 6.23. The zero-order chi connectivity index (χ0) is 14.3. The molecule has 1 heterocycles. The highest BCUT2D eigenvalue weighted by Crippen LogP contribution is 2.24. The van der Waals surface area contributed by atoms with E-state index in [-0.39, 0.29) is 17.7 Å². The predicted molar refractivity (Wildman–Crippen MR) is 91.9 cm³/mol. The highest BCUT2D eigenvalue weighted by molar-refractivity contribution is 8.00. The third-order valence-corrected chi connectivity index (χ3v) is 5.24. The smallest absolute Gasteiger partial charge is 0.235 e. The summed E-state index contributed by atoms with van der Waals surface area (Å²) in [6.45, 7) is 12.6. The average molecular weight is 323 g/mol. The fraction of sp³-hybridized carbons (Fsp3) is 0.933. The number of likely N-dealkylation sites (tertiary alicyclic amines) is 1. The number of rotatable bonds is 7. The van der Waals surface area contributed by atoms with Gasteiger partial charge in [-0.1, -0.05) is 27.7 Å². The van der Waals surface area contributed by atoms with Crippen LogP contribution in [0.15, 0.2) is 0 Å². The molecule has 0 aromatic carbocycles. The van der Waals surface area contributed by atoms with Crippen molar-refractivity contribution in [2.24, 2.45) is 11.8 Å². The van der Waals surface area contributed by atoms with Gasteiger partial charge in [0.25, 0.3) is 0 Å². The Morgan fingerprint density at radius 2 is 1.90 bits per heavy atom. The molecule has 0 saturated carbocycles. The van der Waals surface area contributed by atoms with E-state index in [0.29, 0.717) is 11.8 Å². The molecule has 20 heavy (non-hydrogen) atoms. The van der Waals surface area contributed by atoms with E-state index in [4.69, 9.17) is 0 Å². The number of hydrogen-bond donors (Lipinski definition) is 1. The highest BCUT2D eigenvalue weighted by Gasteiger charge is 2.29. The molecule has 1 rings (SSSR count). The van der Waals surface area contributed by atoms with Gasteiger partial charge in [0.05, 0.1) is 5.25 Å². The van der Waals surface area contributed by atoms with Crippen molar-refractivity contribution in [3.05, 3.63) is 0 Å². The molecule has 0 aliphatic carbocycles. The van der Waals surface area contributed by atoms with E-state index >= 15 is 0 Å². The Morgan fingerprint density at radius 3 is 2.35 bits per heavy atom. The summed E-state index contributed by atoms with van der Waals surface area (Å²) in [5.41, 5.74) is 0. The largest absolute Gasteiger partial charge is 0.342 e. The second kappa shape index (κ2) is 10.7. The number of piperidine rings is 1. The Balaban J connectivity index is 0.00000361. The summed E-state index contributed by atoms with van der Waals surface area (Å²) < 4.78 is 0. The molecular weight excluding hydrogens is 292 g/mol. The van der Waals surface area contributed by atoms with Crippen LogP contribution in [-0.2, 0) is 4.79 Å². The van der Waals surface area contributed by atoms with E-state index in [1.165, 1.54) is 0 Å². The van der Waals surface area contributed by atoms with Crippen molar-refractivity contribution >= 4 is 30.1 Å². The van der Waals surface area contributed by atoms with Gasteiger partial charge >= 0.3 is 0 Å². The van der Waals surface area contributed by atoms with Gasteiger partial charge in [-0.15, -0.1) is 24.2 Å².